The van der Waals surface area contributed by atoms with Crippen LogP contribution >= 0.6 is 0 Å². The predicted octanol–water partition coefficient (Wildman–Crippen LogP) is -0.750. The van der Waals surface area contributed by atoms with Crippen molar-refractivity contribution < 1.29 is 14.2 Å². The van der Waals surface area contributed by atoms with Crippen molar-refractivity contribution >= 4 is 17.6 Å². The van der Waals surface area contributed by atoms with Gasteiger partial charge in [-0.1, -0.05) is 0 Å². The van der Waals surface area contributed by atoms with Gasteiger partial charge in [-0.05, 0) is 24.2 Å². The van der Waals surface area contributed by atoms with E-state index in [-0.39, 0.29) is 24.0 Å². The SMILES string of the molecule is CCNC(=O)CN(CC)C(=O)c1nonc1N. The minimum absolute atomic E-state index is 0.0462. The van der Waals surface area contributed by atoms with E-state index in [9.17, 15) is 9.59 Å². The van der Waals surface area contributed by atoms with Gasteiger partial charge in [-0.2, -0.15) is 0 Å². The lowest BCUT2D eigenvalue weighted by molar-refractivity contribution is -0.121. The van der Waals surface area contributed by atoms with E-state index in [0.717, 1.165) is 0 Å². The number of carbonyl (C=O) groups is 2. The second kappa shape index (κ2) is 5.83. The second-order valence-electron chi connectivity index (χ2n) is 3.27. The number of hydrogen-bond acceptors (Lipinski definition) is 6. The summed E-state index contributed by atoms with van der Waals surface area (Å²) in [6, 6.07) is 0. The van der Waals surface area contributed by atoms with Crippen molar-refractivity contribution in [3.8, 4) is 0 Å². The first kappa shape index (κ1) is 12.9. The molecule has 8 heteroatoms. The van der Waals surface area contributed by atoms with Gasteiger partial charge in [0.15, 0.2) is 0 Å². The summed E-state index contributed by atoms with van der Waals surface area (Å²) in [4.78, 5) is 24.6. The van der Waals surface area contributed by atoms with Gasteiger partial charge in [0.1, 0.15) is 0 Å². The first-order valence-corrected chi connectivity index (χ1v) is 5.24. The van der Waals surface area contributed by atoms with E-state index >= 15 is 0 Å². The van der Waals surface area contributed by atoms with Crippen LogP contribution < -0.4 is 11.1 Å². The molecule has 0 saturated heterocycles. The average Bonchev–Trinajstić information content (AvgIpc) is 2.72. The molecule has 8 nitrogen and oxygen atoms in total. The molecule has 3 N–H and O–H groups in total. The van der Waals surface area contributed by atoms with E-state index in [1.165, 1.54) is 4.90 Å². The van der Waals surface area contributed by atoms with Crippen molar-refractivity contribution in [2.75, 3.05) is 25.4 Å². The lowest BCUT2D eigenvalue weighted by Gasteiger charge is -2.18. The highest BCUT2D eigenvalue weighted by Crippen LogP contribution is 2.08. The second-order valence-corrected chi connectivity index (χ2v) is 3.27. The Kier molecular flexibility index (Phi) is 4.44. The Hall–Kier alpha value is -2.12. The minimum atomic E-state index is -0.475. The minimum Gasteiger partial charge on any atom is -0.379 e. The van der Waals surface area contributed by atoms with Crippen molar-refractivity contribution in [1.82, 2.24) is 20.5 Å². The number of nitrogens with zero attached hydrogens (tertiary/aromatic N) is 3. The van der Waals surface area contributed by atoms with Crippen LogP contribution in [0.4, 0.5) is 5.82 Å². The number of amides is 2. The van der Waals surface area contributed by atoms with Gasteiger partial charge in [-0.25, -0.2) is 4.63 Å². The van der Waals surface area contributed by atoms with Crippen LogP contribution in [-0.2, 0) is 4.79 Å². The van der Waals surface area contributed by atoms with Crippen molar-refractivity contribution in [3.05, 3.63) is 5.69 Å². The van der Waals surface area contributed by atoms with Crippen LogP contribution in [0.2, 0.25) is 0 Å². The maximum Gasteiger partial charge on any atom is 0.280 e. The van der Waals surface area contributed by atoms with E-state index in [2.05, 4.69) is 20.3 Å². The number of anilines is 1. The Morgan fingerprint density at radius 1 is 1.41 bits per heavy atom. The van der Waals surface area contributed by atoms with Gasteiger partial charge < -0.3 is 16.0 Å². The largest absolute Gasteiger partial charge is 0.379 e. The molecule has 1 aromatic rings. The zero-order chi connectivity index (χ0) is 12.8. The summed E-state index contributed by atoms with van der Waals surface area (Å²) >= 11 is 0. The molecule has 0 radical (unpaired) electrons. The molecule has 0 fully saturated rings. The molecule has 0 atom stereocenters. The Morgan fingerprint density at radius 3 is 2.59 bits per heavy atom. The molecular formula is C9H15N5O3. The fourth-order valence-corrected chi connectivity index (χ4v) is 1.25. The normalized spacial score (nSPS) is 10.0. The molecule has 17 heavy (non-hydrogen) atoms. The van der Waals surface area contributed by atoms with Crippen LogP contribution in [0.25, 0.3) is 0 Å². The van der Waals surface area contributed by atoms with Gasteiger partial charge in [-0.3, -0.25) is 9.59 Å². The molecule has 0 aliphatic rings. The molecule has 0 bridgehead atoms. The molecule has 0 aliphatic heterocycles. The number of carbonyl (C=O) groups excluding carboxylic acids is 2. The number of hydrogen-bond donors (Lipinski definition) is 2. The van der Waals surface area contributed by atoms with E-state index in [1.54, 1.807) is 13.8 Å². The van der Waals surface area contributed by atoms with Gasteiger partial charge in [0, 0.05) is 13.1 Å². The summed E-state index contributed by atoms with van der Waals surface area (Å²) in [6.07, 6.45) is 0. The summed E-state index contributed by atoms with van der Waals surface area (Å²) < 4.78 is 4.34. The lowest BCUT2D eigenvalue weighted by atomic mass is 10.3. The van der Waals surface area contributed by atoms with Crippen molar-refractivity contribution in [2.24, 2.45) is 0 Å². The topological polar surface area (TPSA) is 114 Å². The molecule has 2 amide bonds. The Bertz CT molecular complexity index is 403. The lowest BCUT2D eigenvalue weighted by Crippen LogP contribution is -2.40. The van der Waals surface area contributed by atoms with Gasteiger partial charge in [0.25, 0.3) is 5.91 Å². The number of nitrogens with one attached hydrogen (secondary N) is 1. The van der Waals surface area contributed by atoms with Crippen LogP contribution in [0.3, 0.4) is 0 Å². The van der Waals surface area contributed by atoms with Crippen LogP contribution in [0.1, 0.15) is 24.3 Å². The zero-order valence-electron chi connectivity index (χ0n) is 9.77. The molecule has 1 aromatic heterocycles. The highest BCUT2D eigenvalue weighted by atomic mass is 16.6. The molecule has 0 saturated carbocycles. The van der Waals surface area contributed by atoms with Gasteiger partial charge in [-0.15, -0.1) is 0 Å². The smallest absolute Gasteiger partial charge is 0.280 e. The van der Waals surface area contributed by atoms with Crippen LogP contribution in [0.15, 0.2) is 4.63 Å². The number of nitrogens with two attached hydrogens (primary N) is 1. The van der Waals surface area contributed by atoms with Crippen molar-refractivity contribution in [3.63, 3.8) is 0 Å². The maximum atomic E-state index is 11.9. The Balaban J connectivity index is 2.71. The summed E-state index contributed by atoms with van der Waals surface area (Å²) in [7, 11) is 0. The molecule has 1 rings (SSSR count). The number of aromatic nitrogens is 2. The number of rotatable bonds is 5. The average molecular weight is 241 g/mol. The highest BCUT2D eigenvalue weighted by molar-refractivity contribution is 5.97. The van der Waals surface area contributed by atoms with Crippen LogP contribution in [-0.4, -0.2) is 46.7 Å². The van der Waals surface area contributed by atoms with Gasteiger partial charge in [0.05, 0.1) is 6.54 Å². The molecule has 0 unspecified atom stereocenters. The Labute approximate surface area is 98.1 Å². The fourth-order valence-electron chi connectivity index (χ4n) is 1.25. The zero-order valence-corrected chi connectivity index (χ0v) is 9.77. The van der Waals surface area contributed by atoms with E-state index in [4.69, 9.17) is 5.73 Å². The standard InChI is InChI=1S/C9H15N5O3/c1-3-11-6(15)5-14(4-2)9(16)7-8(10)13-17-12-7/h3-5H2,1-2H3,(H2,10,13)(H,11,15). The molecular weight excluding hydrogens is 226 g/mol. The molecule has 1 heterocycles. The van der Waals surface area contributed by atoms with E-state index in [1.807, 2.05) is 0 Å². The summed E-state index contributed by atoms with van der Waals surface area (Å²) in [6.45, 7) is 4.38. The fraction of sp³-hybridized carbons (Fsp3) is 0.556. The highest BCUT2D eigenvalue weighted by Gasteiger charge is 2.23. The van der Waals surface area contributed by atoms with Crippen LogP contribution in [0.5, 0.6) is 0 Å². The van der Waals surface area contributed by atoms with E-state index < -0.39 is 5.91 Å². The molecule has 94 valence electrons. The quantitative estimate of drug-likeness (QED) is 0.701. The first-order chi connectivity index (χ1) is 8.10. The van der Waals surface area contributed by atoms with Crippen LogP contribution in [0, 0.1) is 0 Å². The molecule has 0 aliphatic carbocycles. The van der Waals surface area contributed by atoms with Gasteiger partial charge >= 0.3 is 0 Å². The summed E-state index contributed by atoms with van der Waals surface area (Å²) in [5.74, 6) is -0.792. The summed E-state index contributed by atoms with van der Waals surface area (Å²) in [5, 5.41) is 9.32. The predicted molar refractivity (Wildman–Crippen MR) is 59.0 cm³/mol. The Morgan fingerprint density at radius 2 is 2.12 bits per heavy atom. The third kappa shape index (κ3) is 3.16. The van der Waals surface area contributed by atoms with Crippen molar-refractivity contribution in [1.29, 1.82) is 0 Å². The third-order valence-corrected chi connectivity index (χ3v) is 2.09. The third-order valence-electron chi connectivity index (χ3n) is 2.09. The number of likely N-dealkylation sites (N-methyl/N-ethyl adjacent to an activating group) is 2. The maximum absolute atomic E-state index is 11.9. The molecule has 0 aromatic carbocycles. The summed E-state index contributed by atoms with van der Waals surface area (Å²) in [5.41, 5.74) is 5.34. The van der Waals surface area contributed by atoms with E-state index in [0.29, 0.717) is 13.1 Å². The van der Waals surface area contributed by atoms with Crippen molar-refractivity contribution in [2.45, 2.75) is 13.8 Å². The molecule has 0 spiro atoms. The first-order valence-electron chi connectivity index (χ1n) is 5.24. The monoisotopic (exact) mass is 241 g/mol. The number of nitrogen functional groups attached to an aromatic ring is 1. The van der Waals surface area contributed by atoms with Gasteiger partial charge in [0.2, 0.25) is 17.4 Å².